The lowest BCUT2D eigenvalue weighted by Crippen LogP contribution is -2.29. The zero-order valence-corrected chi connectivity index (χ0v) is 10.3. The van der Waals surface area contributed by atoms with E-state index in [2.05, 4.69) is 19.6 Å². The molecule has 0 spiro atoms. The quantitative estimate of drug-likeness (QED) is 0.586. The molecule has 0 saturated heterocycles. The van der Waals surface area contributed by atoms with Gasteiger partial charge in [0.05, 0.1) is 5.02 Å². The average Bonchev–Trinajstić information content (AvgIpc) is 2.06. The SMILES string of the molecule is C[Si](C)(C)Oc1ccc(C=O)cc1Cl. The second-order valence-electron chi connectivity index (χ2n) is 4.02. The van der Waals surface area contributed by atoms with Crippen molar-refractivity contribution in [3.05, 3.63) is 28.8 Å². The molecule has 76 valence electrons. The van der Waals surface area contributed by atoms with Crippen molar-refractivity contribution < 1.29 is 9.22 Å². The Bertz CT molecular complexity index is 344. The Morgan fingerprint density at radius 3 is 2.43 bits per heavy atom. The summed E-state index contributed by atoms with van der Waals surface area (Å²) in [6.45, 7) is 6.24. The molecular weight excluding hydrogens is 216 g/mol. The molecule has 0 aliphatic rings. The first-order chi connectivity index (χ1) is 6.42. The maximum Gasteiger partial charge on any atom is 0.242 e. The molecule has 0 heterocycles. The first kappa shape index (κ1) is 11.3. The highest BCUT2D eigenvalue weighted by atomic mass is 35.5. The van der Waals surface area contributed by atoms with E-state index in [1.807, 2.05) is 0 Å². The summed E-state index contributed by atoms with van der Waals surface area (Å²) in [5.41, 5.74) is 0.568. The molecule has 0 saturated carbocycles. The average molecular weight is 229 g/mol. The lowest BCUT2D eigenvalue weighted by molar-refractivity contribution is 0.112. The smallest absolute Gasteiger partial charge is 0.242 e. The fraction of sp³-hybridized carbons (Fsp3) is 0.300. The molecule has 1 rings (SSSR count). The molecule has 0 aliphatic carbocycles. The third-order valence-electron chi connectivity index (χ3n) is 1.51. The van der Waals surface area contributed by atoms with Crippen LogP contribution in [0.15, 0.2) is 18.2 Å². The molecule has 0 amide bonds. The lowest BCUT2D eigenvalue weighted by Gasteiger charge is -2.20. The van der Waals surface area contributed by atoms with Gasteiger partial charge in [-0.15, -0.1) is 0 Å². The zero-order valence-electron chi connectivity index (χ0n) is 8.50. The molecule has 0 radical (unpaired) electrons. The number of carbonyl (C=O) groups is 1. The summed E-state index contributed by atoms with van der Waals surface area (Å²) in [7, 11) is -1.63. The highest BCUT2D eigenvalue weighted by molar-refractivity contribution is 6.70. The van der Waals surface area contributed by atoms with E-state index in [0.29, 0.717) is 16.3 Å². The van der Waals surface area contributed by atoms with Crippen LogP contribution in [0.3, 0.4) is 0 Å². The topological polar surface area (TPSA) is 26.3 Å². The van der Waals surface area contributed by atoms with Crippen molar-refractivity contribution in [3.63, 3.8) is 0 Å². The normalized spacial score (nSPS) is 11.1. The number of carbonyl (C=O) groups excluding carboxylic acids is 1. The fourth-order valence-electron chi connectivity index (χ4n) is 1.00. The van der Waals surface area contributed by atoms with Gasteiger partial charge in [-0.1, -0.05) is 11.6 Å². The summed E-state index contributed by atoms with van der Waals surface area (Å²) in [5, 5.41) is 0.497. The third kappa shape index (κ3) is 3.16. The van der Waals surface area contributed by atoms with Crippen LogP contribution in [0.25, 0.3) is 0 Å². The van der Waals surface area contributed by atoms with Gasteiger partial charge in [0.1, 0.15) is 12.0 Å². The van der Waals surface area contributed by atoms with Crippen LogP contribution in [0.2, 0.25) is 24.7 Å². The van der Waals surface area contributed by atoms with Crippen molar-refractivity contribution in [1.82, 2.24) is 0 Å². The van der Waals surface area contributed by atoms with Gasteiger partial charge in [-0.25, -0.2) is 0 Å². The molecule has 0 fully saturated rings. The molecule has 1 aromatic rings. The lowest BCUT2D eigenvalue weighted by atomic mass is 10.2. The molecule has 0 atom stereocenters. The first-order valence-corrected chi connectivity index (χ1v) is 8.15. The van der Waals surface area contributed by atoms with Crippen molar-refractivity contribution in [2.45, 2.75) is 19.6 Å². The third-order valence-corrected chi connectivity index (χ3v) is 2.64. The van der Waals surface area contributed by atoms with Gasteiger partial charge in [0.2, 0.25) is 8.32 Å². The summed E-state index contributed by atoms with van der Waals surface area (Å²) >= 11 is 5.95. The number of hydrogen-bond acceptors (Lipinski definition) is 2. The van der Waals surface area contributed by atoms with E-state index >= 15 is 0 Å². The summed E-state index contributed by atoms with van der Waals surface area (Å²) in [5.74, 6) is 0.663. The minimum Gasteiger partial charge on any atom is -0.543 e. The van der Waals surface area contributed by atoms with Gasteiger partial charge in [0, 0.05) is 5.56 Å². The second-order valence-corrected chi connectivity index (χ2v) is 8.86. The van der Waals surface area contributed by atoms with Crippen LogP contribution in [0, 0.1) is 0 Å². The molecule has 2 nitrogen and oxygen atoms in total. The Morgan fingerprint density at radius 2 is 2.00 bits per heavy atom. The van der Waals surface area contributed by atoms with Crippen LogP contribution in [-0.4, -0.2) is 14.6 Å². The van der Waals surface area contributed by atoms with Gasteiger partial charge in [-0.3, -0.25) is 4.79 Å². The molecule has 0 bridgehead atoms. The van der Waals surface area contributed by atoms with E-state index in [1.54, 1.807) is 18.2 Å². The van der Waals surface area contributed by atoms with Crippen molar-refractivity contribution in [1.29, 1.82) is 0 Å². The molecule has 14 heavy (non-hydrogen) atoms. The van der Waals surface area contributed by atoms with Crippen molar-refractivity contribution >= 4 is 26.2 Å². The summed E-state index contributed by atoms with van der Waals surface area (Å²) in [6.07, 6.45) is 0.768. The summed E-state index contributed by atoms with van der Waals surface area (Å²) in [6, 6.07) is 5.06. The molecule has 0 N–H and O–H groups in total. The molecule has 1 aromatic carbocycles. The van der Waals surface area contributed by atoms with Gasteiger partial charge in [0.15, 0.2) is 0 Å². The molecule has 0 aromatic heterocycles. The van der Waals surface area contributed by atoms with Crippen LogP contribution in [0.4, 0.5) is 0 Å². The Morgan fingerprint density at radius 1 is 1.36 bits per heavy atom. The highest BCUT2D eigenvalue weighted by Crippen LogP contribution is 2.27. The number of halogens is 1. The van der Waals surface area contributed by atoms with Crippen LogP contribution in [-0.2, 0) is 0 Å². The number of rotatable bonds is 3. The fourth-order valence-corrected chi connectivity index (χ4v) is 2.13. The highest BCUT2D eigenvalue weighted by Gasteiger charge is 2.17. The van der Waals surface area contributed by atoms with E-state index in [4.69, 9.17) is 16.0 Å². The van der Waals surface area contributed by atoms with E-state index in [1.165, 1.54) is 0 Å². The monoisotopic (exact) mass is 228 g/mol. The van der Waals surface area contributed by atoms with Crippen molar-refractivity contribution in [3.8, 4) is 5.75 Å². The van der Waals surface area contributed by atoms with E-state index in [-0.39, 0.29) is 0 Å². The van der Waals surface area contributed by atoms with Gasteiger partial charge in [0.25, 0.3) is 0 Å². The van der Waals surface area contributed by atoms with Crippen LogP contribution >= 0.6 is 11.6 Å². The number of aldehydes is 1. The van der Waals surface area contributed by atoms with Gasteiger partial charge in [-0.05, 0) is 37.8 Å². The van der Waals surface area contributed by atoms with E-state index in [9.17, 15) is 4.79 Å². The Balaban J connectivity index is 2.95. The second kappa shape index (κ2) is 4.15. The Kier molecular flexibility index (Phi) is 3.34. The van der Waals surface area contributed by atoms with Crippen LogP contribution in [0.1, 0.15) is 10.4 Å². The van der Waals surface area contributed by atoms with Crippen molar-refractivity contribution in [2.24, 2.45) is 0 Å². The predicted octanol–water partition coefficient (Wildman–Crippen LogP) is 3.37. The Hall–Kier alpha value is -0.803. The summed E-state index contributed by atoms with van der Waals surface area (Å²) in [4.78, 5) is 10.5. The first-order valence-electron chi connectivity index (χ1n) is 4.36. The van der Waals surface area contributed by atoms with Gasteiger partial charge >= 0.3 is 0 Å². The van der Waals surface area contributed by atoms with Crippen molar-refractivity contribution in [2.75, 3.05) is 0 Å². The zero-order chi connectivity index (χ0) is 10.8. The maximum absolute atomic E-state index is 10.5. The van der Waals surface area contributed by atoms with E-state index in [0.717, 1.165) is 6.29 Å². The van der Waals surface area contributed by atoms with Gasteiger partial charge < -0.3 is 4.43 Å². The van der Waals surface area contributed by atoms with Gasteiger partial charge in [-0.2, -0.15) is 0 Å². The number of benzene rings is 1. The summed E-state index contributed by atoms with van der Waals surface area (Å²) < 4.78 is 5.72. The minimum absolute atomic E-state index is 0.497. The molecular formula is C10H13ClO2Si. The number of hydrogen-bond donors (Lipinski definition) is 0. The van der Waals surface area contributed by atoms with Crippen LogP contribution < -0.4 is 4.43 Å². The molecule has 0 aliphatic heterocycles. The van der Waals surface area contributed by atoms with E-state index < -0.39 is 8.32 Å². The minimum atomic E-state index is -1.63. The maximum atomic E-state index is 10.5. The van der Waals surface area contributed by atoms with Crippen LogP contribution in [0.5, 0.6) is 5.75 Å². The predicted molar refractivity (Wildman–Crippen MR) is 60.8 cm³/mol. The standard InChI is InChI=1S/C10H13ClO2Si/c1-14(2,3)13-10-5-4-8(7-12)6-9(10)11/h4-7H,1-3H3. The Labute approximate surface area is 90.0 Å². The molecule has 4 heteroatoms. The molecule has 0 unspecified atom stereocenters. The largest absolute Gasteiger partial charge is 0.543 e.